The lowest BCUT2D eigenvalue weighted by atomic mass is 9.87. The molecular weight excluding hydrogens is 367 g/mol. The van der Waals surface area contributed by atoms with Gasteiger partial charge < -0.3 is 5.32 Å². The number of alkyl halides is 3. The van der Waals surface area contributed by atoms with Crippen LogP contribution < -0.4 is 5.32 Å². The van der Waals surface area contributed by atoms with E-state index in [9.17, 15) is 22.8 Å². The SMILES string of the molecule is O=C1N=C2CCCCC2C(SCC(=O)Nc2ccccc2C(F)(F)F)=N1. The van der Waals surface area contributed by atoms with Gasteiger partial charge in [-0.1, -0.05) is 30.3 Å². The van der Waals surface area contributed by atoms with Crippen LogP contribution in [0, 0.1) is 5.92 Å². The molecular formula is C17H16F3N3O2S. The molecule has 3 amide bonds. The summed E-state index contributed by atoms with van der Waals surface area (Å²) in [4.78, 5) is 31.5. The number of hydrogen-bond donors (Lipinski definition) is 1. The van der Waals surface area contributed by atoms with E-state index in [2.05, 4.69) is 15.3 Å². The van der Waals surface area contributed by atoms with Crippen LogP contribution in [0.2, 0.25) is 0 Å². The highest BCUT2D eigenvalue weighted by molar-refractivity contribution is 8.14. The van der Waals surface area contributed by atoms with Gasteiger partial charge in [0.15, 0.2) is 0 Å². The number of benzene rings is 1. The van der Waals surface area contributed by atoms with Crippen molar-refractivity contribution in [3.63, 3.8) is 0 Å². The zero-order valence-electron chi connectivity index (χ0n) is 13.7. The molecule has 1 heterocycles. The number of hydrogen-bond acceptors (Lipinski definition) is 3. The van der Waals surface area contributed by atoms with Crippen LogP contribution >= 0.6 is 11.8 Å². The standard InChI is InChI=1S/C17H16F3N3O2S/c18-17(19,20)11-6-2-4-8-13(11)21-14(24)9-26-15-10-5-1-3-7-12(10)22-16(25)23-15/h2,4,6,8,10H,1,3,5,7,9H2,(H,21,24). The first kappa shape index (κ1) is 18.6. The maximum Gasteiger partial charge on any atom is 0.418 e. The van der Waals surface area contributed by atoms with Gasteiger partial charge in [0, 0.05) is 11.6 Å². The Hall–Kier alpha value is -2.16. The molecule has 1 aromatic rings. The van der Waals surface area contributed by atoms with Crippen LogP contribution in [0.3, 0.4) is 0 Å². The van der Waals surface area contributed by atoms with Crippen LogP contribution in [0.1, 0.15) is 31.2 Å². The van der Waals surface area contributed by atoms with E-state index in [0.29, 0.717) is 5.04 Å². The highest BCUT2D eigenvalue weighted by Crippen LogP contribution is 2.35. The van der Waals surface area contributed by atoms with Gasteiger partial charge in [0.1, 0.15) is 0 Å². The third-order valence-corrected chi connectivity index (χ3v) is 5.26. The highest BCUT2D eigenvalue weighted by Gasteiger charge is 2.34. The van der Waals surface area contributed by atoms with Crippen LogP contribution in [0.4, 0.5) is 23.7 Å². The van der Waals surface area contributed by atoms with Crippen LogP contribution in [0.25, 0.3) is 0 Å². The summed E-state index contributed by atoms with van der Waals surface area (Å²) in [6, 6.07) is 4.23. The number of aliphatic imine (C=N–C) groups is 2. The minimum Gasteiger partial charge on any atom is -0.325 e. The summed E-state index contributed by atoms with van der Waals surface area (Å²) < 4.78 is 38.9. The predicted molar refractivity (Wildman–Crippen MR) is 94.8 cm³/mol. The molecule has 26 heavy (non-hydrogen) atoms. The molecule has 9 heteroatoms. The highest BCUT2D eigenvalue weighted by atomic mass is 32.2. The molecule has 0 spiro atoms. The van der Waals surface area contributed by atoms with E-state index in [1.54, 1.807) is 0 Å². The number of fused-ring (bicyclic) bond motifs is 1. The number of thioether (sulfide) groups is 1. The summed E-state index contributed by atoms with van der Waals surface area (Å²) in [6.45, 7) is 0. The van der Waals surface area contributed by atoms with Crippen molar-refractivity contribution in [2.75, 3.05) is 11.1 Å². The zero-order valence-corrected chi connectivity index (χ0v) is 14.5. The van der Waals surface area contributed by atoms with Gasteiger partial charge in [-0.15, -0.1) is 0 Å². The van der Waals surface area contributed by atoms with E-state index in [1.165, 1.54) is 18.2 Å². The van der Waals surface area contributed by atoms with Crippen molar-refractivity contribution in [1.82, 2.24) is 0 Å². The van der Waals surface area contributed by atoms with Gasteiger partial charge in [0.05, 0.1) is 22.0 Å². The molecule has 1 aliphatic heterocycles. The van der Waals surface area contributed by atoms with Crippen molar-refractivity contribution < 1.29 is 22.8 Å². The Kier molecular flexibility index (Phi) is 5.45. The van der Waals surface area contributed by atoms with Crippen molar-refractivity contribution in [3.05, 3.63) is 29.8 Å². The number of anilines is 1. The second-order valence-electron chi connectivity index (χ2n) is 6.01. The fourth-order valence-corrected chi connectivity index (χ4v) is 3.96. The van der Waals surface area contributed by atoms with Gasteiger partial charge in [0.25, 0.3) is 0 Å². The normalized spacial score (nSPS) is 20.1. The van der Waals surface area contributed by atoms with E-state index in [1.807, 2.05) is 0 Å². The number of carbonyl (C=O) groups is 2. The molecule has 3 rings (SSSR count). The summed E-state index contributed by atoms with van der Waals surface area (Å²) in [5.41, 5.74) is -0.390. The van der Waals surface area contributed by atoms with Crippen molar-refractivity contribution in [2.24, 2.45) is 15.9 Å². The fourth-order valence-electron chi connectivity index (χ4n) is 3.01. The molecule has 1 unspecified atom stereocenters. The van der Waals surface area contributed by atoms with Gasteiger partial charge in [-0.3, -0.25) is 4.79 Å². The number of nitrogens with zero attached hydrogens (tertiary/aromatic N) is 2. The largest absolute Gasteiger partial charge is 0.418 e. The monoisotopic (exact) mass is 383 g/mol. The number of halogens is 3. The predicted octanol–water partition coefficient (Wildman–Crippen LogP) is 4.54. The Morgan fingerprint density at radius 3 is 2.77 bits per heavy atom. The third kappa shape index (κ3) is 4.32. The first-order valence-electron chi connectivity index (χ1n) is 8.13. The molecule has 0 radical (unpaired) electrons. The van der Waals surface area contributed by atoms with Gasteiger partial charge in [-0.05, 0) is 31.4 Å². The molecule has 1 fully saturated rings. The fraction of sp³-hybridized carbons (Fsp3) is 0.412. The summed E-state index contributed by atoms with van der Waals surface area (Å²) in [7, 11) is 0. The second kappa shape index (κ2) is 7.61. The number of carbonyl (C=O) groups excluding carboxylic acids is 2. The smallest absolute Gasteiger partial charge is 0.325 e. The minimum atomic E-state index is -4.55. The summed E-state index contributed by atoms with van der Waals surface area (Å²) in [5.74, 6) is -0.759. The van der Waals surface area contributed by atoms with Crippen LogP contribution in [-0.4, -0.2) is 28.4 Å². The second-order valence-corrected chi connectivity index (χ2v) is 7.01. The quantitative estimate of drug-likeness (QED) is 0.833. The maximum atomic E-state index is 13.0. The number of urea groups is 1. The van der Waals surface area contributed by atoms with E-state index >= 15 is 0 Å². The zero-order chi connectivity index (χ0) is 18.7. The molecule has 1 N–H and O–H groups in total. The average Bonchev–Trinajstić information content (AvgIpc) is 2.59. The van der Waals surface area contributed by atoms with Crippen LogP contribution in [0.5, 0.6) is 0 Å². The van der Waals surface area contributed by atoms with E-state index in [0.717, 1.165) is 49.2 Å². The molecule has 138 valence electrons. The van der Waals surface area contributed by atoms with Gasteiger partial charge in [0.2, 0.25) is 5.91 Å². The Morgan fingerprint density at radius 1 is 1.23 bits per heavy atom. The van der Waals surface area contributed by atoms with Gasteiger partial charge >= 0.3 is 12.2 Å². The van der Waals surface area contributed by atoms with Gasteiger partial charge in [-0.25, -0.2) is 9.79 Å². The first-order valence-corrected chi connectivity index (χ1v) is 9.12. The minimum absolute atomic E-state index is 0.0540. The number of rotatable bonds is 3. The van der Waals surface area contributed by atoms with Gasteiger partial charge in [-0.2, -0.15) is 18.2 Å². The lowest BCUT2D eigenvalue weighted by Gasteiger charge is -2.26. The van der Waals surface area contributed by atoms with Crippen molar-refractivity contribution >= 4 is 40.1 Å². The number of amides is 3. The van der Waals surface area contributed by atoms with Crippen molar-refractivity contribution in [3.8, 4) is 0 Å². The molecule has 1 atom stereocenters. The van der Waals surface area contributed by atoms with Crippen LogP contribution in [-0.2, 0) is 11.0 Å². The molecule has 1 aliphatic carbocycles. The Labute approximate surface area is 152 Å². The number of nitrogens with one attached hydrogen (secondary N) is 1. The van der Waals surface area contributed by atoms with Crippen molar-refractivity contribution in [2.45, 2.75) is 31.9 Å². The van der Waals surface area contributed by atoms with E-state index < -0.39 is 23.7 Å². The molecule has 0 aromatic heterocycles. The lowest BCUT2D eigenvalue weighted by Crippen LogP contribution is -2.31. The molecule has 5 nitrogen and oxygen atoms in total. The molecule has 1 aromatic carbocycles. The molecule has 0 saturated heterocycles. The summed E-state index contributed by atoms with van der Waals surface area (Å²) in [5, 5.41) is 2.82. The van der Waals surface area contributed by atoms with Crippen molar-refractivity contribution in [1.29, 1.82) is 0 Å². The van der Waals surface area contributed by atoms with E-state index in [4.69, 9.17) is 0 Å². The lowest BCUT2D eigenvalue weighted by molar-refractivity contribution is -0.137. The Bertz CT molecular complexity index is 790. The summed E-state index contributed by atoms with van der Waals surface area (Å²) >= 11 is 1.08. The average molecular weight is 383 g/mol. The molecule has 2 aliphatic rings. The number of para-hydroxylation sites is 1. The topological polar surface area (TPSA) is 70.9 Å². The first-order chi connectivity index (χ1) is 12.3. The van der Waals surface area contributed by atoms with Crippen LogP contribution in [0.15, 0.2) is 34.3 Å². The molecule has 0 bridgehead atoms. The Balaban J connectivity index is 1.64. The van der Waals surface area contributed by atoms with E-state index in [-0.39, 0.29) is 17.4 Å². The maximum absolute atomic E-state index is 13.0. The Morgan fingerprint density at radius 2 is 2.00 bits per heavy atom. The summed E-state index contributed by atoms with van der Waals surface area (Å²) in [6.07, 6.45) is -1.04. The molecule has 1 saturated carbocycles. The third-order valence-electron chi connectivity index (χ3n) is 4.18.